The fourth-order valence-electron chi connectivity index (χ4n) is 2.22. The van der Waals surface area contributed by atoms with Gasteiger partial charge in [-0.05, 0) is 23.8 Å². The summed E-state index contributed by atoms with van der Waals surface area (Å²) in [6, 6.07) is 9.25. The molecule has 0 bridgehead atoms. The van der Waals surface area contributed by atoms with Crippen LogP contribution in [0, 0.1) is 11.3 Å². The largest absolute Gasteiger partial charge is 0.417 e. The monoisotopic (exact) mass is 355 g/mol. The van der Waals surface area contributed by atoms with Crippen molar-refractivity contribution < 1.29 is 13.5 Å². The van der Waals surface area contributed by atoms with Crippen molar-refractivity contribution in [3.8, 4) is 23.2 Å². The second-order valence-electron chi connectivity index (χ2n) is 5.17. The van der Waals surface area contributed by atoms with Crippen molar-refractivity contribution in [2.24, 2.45) is 0 Å². The van der Waals surface area contributed by atoms with Crippen LogP contribution >= 0.6 is 0 Å². The van der Waals surface area contributed by atoms with Crippen molar-refractivity contribution in [3.63, 3.8) is 0 Å². The zero-order valence-corrected chi connectivity index (χ0v) is 13.2. The summed E-state index contributed by atoms with van der Waals surface area (Å²) < 4.78 is 29.7. The third-order valence-corrected chi connectivity index (χ3v) is 3.36. The third kappa shape index (κ3) is 4.05. The molecule has 0 aliphatic rings. The molecule has 0 amide bonds. The van der Waals surface area contributed by atoms with Crippen molar-refractivity contribution in [1.29, 1.82) is 5.26 Å². The molecule has 0 spiro atoms. The maximum Gasteiger partial charge on any atom is 0.388 e. The van der Waals surface area contributed by atoms with Crippen LogP contribution in [0.3, 0.4) is 0 Å². The Morgan fingerprint density at radius 1 is 1.19 bits per heavy atom. The number of alkyl halides is 2. The molecular formula is C17H11F2N5O2. The van der Waals surface area contributed by atoms with E-state index in [-0.39, 0.29) is 18.0 Å². The number of nitriles is 1. The van der Waals surface area contributed by atoms with Crippen LogP contribution in [0.2, 0.25) is 0 Å². The molecule has 3 rings (SSSR count). The normalized spacial score (nSPS) is 10.5. The molecule has 9 heteroatoms. The van der Waals surface area contributed by atoms with Gasteiger partial charge in [0.05, 0.1) is 17.8 Å². The van der Waals surface area contributed by atoms with Crippen molar-refractivity contribution in [1.82, 2.24) is 19.7 Å². The second-order valence-corrected chi connectivity index (χ2v) is 5.17. The molecule has 0 unspecified atom stereocenters. The standard InChI is InChI=1S/C17H11F2N5O2/c18-17(19)26-15-3-1-13(9-22-15)14-2-4-16(25)24(23-14)10-12-5-11(6-20)7-21-8-12/h1-5,7-9,17H,10H2. The minimum absolute atomic E-state index is 0.134. The topological polar surface area (TPSA) is 93.7 Å². The van der Waals surface area contributed by atoms with Gasteiger partial charge < -0.3 is 4.74 Å². The van der Waals surface area contributed by atoms with Crippen molar-refractivity contribution in [2.45, 2.75) is 13.2 Å². The molecule has 26 heavy (non-hydrogen) atoms. The zero-order valence-electron chi connectivity index (χ0n) is 13.2. The summed E-state index contributed by atoms with van der Waals surface area (Å²) >= 11 is 0. The number of pyridine rings is 2. The van der Waals surface area contributed by atoms with E-state index in [1.807, 2.05) is 6.07 Å². The van der Waals surface area contributed by atoms with Crippen molar-refractivity contribution in [3.05, 3.63) is 70.4 Å². The molecule has 0 aromatic carbocycles. The Bertz CT molecular complexity index is 1010. The Morgan fingerprint density at radius 3 is 2.73 bits per heavy atom. The number of rotatable bonds is 5. The molecule has 0 N–H and O–H groups in total. The predicted molar refractivity (Wildman–Crippen MR) is 86.4 cm³/mol. The maximum atomic E-state index is 12.2. The molecule has 0 radical (unpaired) electrons. The van der Waals surface area contributed by atoms with E-state index in [0.29, 0.717) is 22.4 Å². The second kappa shape index (κ2) is 7.48. The minimum Gasteiger partial charge on any atom is -0.417 e. The fourth-order valence-corrected chi connectivity index (χ4v) is 2.22. The first-order chi connectivity index (χ1) is 12.5. The number of hydrogen-bond acceptors (Lipinski definition) is 6. The summed E-state index contributed by atoms with van der Waals surface area (Å²) in [5, 5.41) is 13.2. The highest BCUT2D eigenvalue weighted by Gasteiger charge is 2.08. The number of ether oxygens (including phenoxy) is 1. The van der Waals surface area contributed by atoms with E-state index < -0.39 is 6.61 Å². The van der Waals surface area contributed by atoms with Gasteiger partial charge in [-0.3, -0.25) is 9.78 Å². The Balaban J connectivity index is 1.87. The van der Waals surface area contributed by atoms with Crippen LogP contribution in [0.25, 0.3) is 11.3 Å². The Labute approximate surface area is 146 Å². The van der Waals surface area contributed by atoms with Crippen LogP contribution in [-0.4, -0.2) is 26.4 Å². The molecule has 3 heterocycles. The highest BCUT2D eigenvalue weighted by Crippen LogP contribution is 2.18. The highest BCUT2D eigenvalue weighted by molar-refractivity contribution is 5.57. The Hall–Kier alpha value is -3.67. The number of halogens is 2. The van der Waals surface area contributed by atoms with E-state index in [1.165, 1.54) is 41.3 Å². The molecular weight excluding hydrogens is 344 g/mol. The van der Waals surface area contributed by atoms with Crippen LogP contribution in [0.15, 0.2) is 53.7 Å². The van der Waals surface area contributed by atoms with E-state index in [9.17, 15) is 13.6 Å². The Kier molecular flexibility index (Phi) is 4.94. The maximum absolute atomic E-state index is 12.2. The van der Waals surface area contributed by atoms with E-state index in [0.717, 1.165) is 0 Å². The van der Waals surface area contributed by atoms with Gasteiger partial charge in [0.1, 0.15) is 6.07 Å². The SMILES string of the molecule is N#Cc1cncc(Cn2nc(-c3ccc(OC(F)F)nc3)ccc2=O)c1. The molecule has 0 saturated heterocycles. The predicted octanol–water partition coefficient (Wildman–Crippen LogP) is 2.22. The lowest BCUT2D eigenvalue weighted by Crippen LogP contribution is -2.23. The molecule has 0 fully saturated rings. The smallest absolute Gasteiger partial charge is 0.388 e. The average molecular weight is 355 g/mol. The van der Waals surface area contributed by atoms with Crippen LogP contribution < -0.4 is 10.3 Å². The first kappa shape index (κ1) is 17.2. The summed E-state index contributed by atoms with van der Waals surface area (Å²) in [6.45, 7) is -2.82. The zero-order chi connectivity index (χ0) is 18.5. The van der Waals surface area contributed by atoms with Gasteiger partial charge in [-0.25, -0.2) is 9.67 Å². The molecule has 7 nitrogen and oxygen atoms in total. The summed E-state index contributed by atoms with van der Waals surface area (Å²) in [5.41, 5.74) is 1.66. The molecule has 0 saturated carbocycles. The molecule has 3 aromatic heterocycles. The molecule has 0 aliphatic heterocycles. The number of nitrogens with zero attached hydrogens (tertiary/aromatic N) is 5. The van der Waals surface area contributed by atoms with Gasteiger partial charge >= 0.3 is 6.61 Å². The van der Waals surface area contributed by atoms with Crippen LogP contribution in [0.5, 0.6) is 5.88 Å². The lowest BCUT2D eigenvalue weighted by atomic mass is 10.2. The van der Waals surface area contributed by atoms with Gasteiger partial charge in [0.15, 0.2) is 0 Å². The first-order valence-corrected chi connectivity index (χ1v) is 7.38. The number of hydrogen-bond donors (Lipinski definition) is 0. The van der Waals surface area contributed by atoms with Crippen molar-refractivity contribution >= 4 is 0 Å². The first-order valence-electron chi connectivity index (χ1n) is 7.38. The van der Waals surface area contributed by atoms with Gasteiger partial charge in [-0.15, -0.1) is 0 Å². The number of aromatic nitrogens is 4. The minimum atomic E-state index is -2.95. The summed E-state index contributed by atoms with van der Waals surface area (Å²) in [4.78, 5) is 19.8. The van der Waals surface area contributed by atoms with E-state index >= 15 is 0 Å². The summed E-state index contributed by atoms with van der Waals surface area (Å²) in [5.74, 6) is -0.212. The van der Waals surface area contributed by atoms with Gasteiger partial charge in [0.2, 0.25) is 5.88 Å². The fraction of sp³-hybridized carbons (Fsp3) is 0.118. The lowest BCUT2D eigenvalue weighted by Gasteiger charge is -2.08. The lowest BCUT2D eigenvalue weighted by molar-refractivity contribution is -0.0528. The van der Waals surface area contributed by atoms with Gasteiger partial charge in [-0.1, -0.05) is 0 Å². The summed E-state index contributed by atoms with van der Waals surface area (Å²) in [7, 11) is 0. The highest BCUT2D eigenvalue weighted by atomic mass is 19.3. The van der Waals surface area contributed by atoms with Gasteiger partial charge in [-0.2, -0.15) is 19.1 Å². The molecule has 0 aliphatic carbocycles. The Morgan fingerprint density at radius 2 is 2.04 bits per heavy atom. The average Bonchev–Trinajstić information content (AvgIpc) is 2.64. The summed E-state index contributed by atoms with van der Waals surface area (Å²) in [6.07, 6.45) is 4.29. The molecule has 3 aromatic rings. The van der Waals surface area contributed by atoms with Crippen molar-refractivity contribution in [2.75, 3.05) is 0 Å². The van der Waals surface area contributed by atoms with Crippen LogP contribution in [-0.2, 0) is 6.54 Å². The van der Waals surface area contributed by atoms with Crippen LogP contribution in [0.1, 0.15) is 11.1 Å². The van der Waals surface area contributed by atoms with Gasteiger partial charge in [0.25, 0.3) is 5.56 Å². The van der Waals surface area contributed by atoms with Gasteiger partial charge in [0, 0.05) is 36.3 Å². The van der Waals surface area contributed by atoms with E-state index in [4.69, 9.17) is 5.26 Å². The third-order valence-electron chi connectivity index (χ3n) is 3.36. The quantitative estimate of drug-likeness (QED) is 0.697. The van der Waals surface area contributed by atoms with E-state index in [2.05, 4.69) is 19.8 Å². The molecule has 0 atom stereocenters. The molecule has 130 valence electrons. The van der Waals surface area contributed by atoms with Crippen LogP contribution in [0.4, 0.5) is 8.78 Å². The van der Waals surface area contributed by atoms with E-state index in [1.54, 1.807) is 12.3 Å².